The Labute approximate surface area is 130 Å². The van der Waals surface area contributed by atoms with Crippen molar-refractivity contribution in [3.63, 3.8) is 0 Å². The van der Waals surface area contributed by atoms with Crippen molar-refractivity contribution in [2.45, 2.75) is 38.0 Å². The van der Waals surface area contributed by atoms with Crippen molar-refractivity contribution in [2.24, 2.45) is 5.92 Å². The third kappa shape index (κ3) is 3.14. The fourth-order valence-corrected chi connectivity index (χ4v) is 3.69. The molecule has 3 atom stereocenters. The lowest BCUT2D eigenvalue weighted by molar-refractivity contribution is -0.0537. The van der Waals surface area contributed by atoms with E-state index in [-0.39, 0.29) is 23.9 Å². The Balaban J connectivity index is 1.80. The maximum atomic E-state index is 13.5. The maximum Gasteiger partial charge on any atom is 0.123 e. The number of benzene rings is 1. The molecule has 0 amide bonds. The molecule has 0 bridgehead atoms. The summed E-state index contributed by atoms with van der Waals surface area (Å²) in [5.74, 6) is -0.112. The standard InChI is InChI=1S/C17H21FN2O2/c18-14-5-4-12(9-19)13(8-14)10-20-6-7-22-11-16(20)15-2-1-3-17(15)21/h4-5,8,15-17,21H,1-3,6-7,10-11H2/t15-,16-,17+/m1/s1. The largest absolute Gasteiger partial charge is 0.393 e. The number of aliphatic hydroxyl groups is 1. The van der Waals surface area contributed by atoms with Crippen molar-refractivity contribution in [1.29, 1.82) is 5.26 Å². The minimum Gasteiger partial charge on any atom is -0.393 e. The van der Waals surface area contributed by atoms with Gasteiger partial charge in [0.05, 0.1) is 31.0 Å². The number of hydrogen-bond donors (Lipinski definition) is 1. The second-order valence-corrected chi connectivity index (χ2v) is 6.19. The summed E-state index contributed by atoms with van der Waals surface area (Å²) < 4.78 is 19.1. The predicted molar refractivity (Wildman–Crippen MR) is 79.5 cm³/mol. The normalized spacial score (nSPS) is 29.4. The van der Waals surface area contributed by atoms with Gasteiger partial charge in [-0.05, 0) is 36.6 Å². The summed E-state index contributed by atoms with van der Waals surface area (Å²) in [6.45, 7) is 2.50. The van der Waals surface area contributed by atoms with Gasteiger partial charge in [-0.25, -0.2) is 4.39 Å². The van der Waals surface area contributed by atoms with Gasteiger partial charge in [-0.1, -0.05) is 6.42 Å². The van der Waals surface area contributed by atoms with Crippen LogP contribution in [0.15, 0.2) is 18.2 Å². The van der Waals surface area contributed by atoms with Gasteiger partial charge >= 0.3 is 0 Å². The van der Waals surface area contributed by atoms with E-state index in [9.17, 15) is 14.8 Å². The molecule has 22 heavy (non-hydrogen) atoms. The highest BCUT2D eigenvalue weighted by Gasteiger charge is 2.37. The van der Waals surface area contributed by atoms with E-state index in [1.54, 1.807) is 0 Å². The van der Waals surface area contributed by atoms with Crippen LogP contribution in [0.3, 0.4) is 0 Å². The molecule has 2 aliphatic rings. The lowest BCUT2D eigenvalue weighted by atomic mass is 9.93. The van der Waals surface area contributed by atoms with Crippen LogP contribution in [0, 0.1) is 23.1 Å². The zero-order valence-electron chi connectivity index (χ0n) is 12.5. The SMILES string of the molecule is N#Cc1ccc(F)cc1CN1CCOC[C@@H]1[C@H]1CCC[C@@H]1O. The van der Waals surface area contributed by atoms with Gasteiger partial charge in [-0.3, -0.25) is 4.90 Å². The first-order valence-electron chi connectivity index (χ1n) is 7.87. The van der Waals surface area contributed by atoms with Crippen molar-refractivity contribution in [2.75, 3.05) is 19.8 Å². The zero-order valence-corrected chi connectivity index (χ0v) is 12.5. The van der Waals surface area contributed by atoms with Gasteiger partial charge in [0.1, 0.15) is 5.82 Å². The molecule has 1 aliphatic carbocycles. The zero-order chi connectivity index (χ0) is 15.5. The number of halogens is 1. The molecule has 1 aromatic carbocycles. The summed E-state index contributed by atoms with van der Waals surface area (Å²) in [5, 5.41) is 19.4. The maximum absolute atomic E-state index is 13.5. The van der Waals surface area contributed by atoms with Crippen molar-refractivity contribution in [3.8, 4) is 6.07 Å². The number of nitriles is 1. The van der Waals surface area contributed by atoms with Crippen molar-refractivity contribution < 1.29 is 14.2 Å². The molecule has 4 nitrogen and oxygen atoms in total. The van der Waals surface area contributed by atoms with E-state index in [1.807, 2.05) is 0 Å². The van der Waals surface area contributed by atoms with Crippen LogP contribution in [-0.2, 0) is 11.3 Å². The van der Waals surface area contributed by atoms with Crippen LogP contribution in [-0.4, -0.2) is 41.9 Å². The number of hydrogen-bond acceptors (Lipinski definition) is 4. The molecule has 2 fully saturated rings. The number of rotatable bonds is 3. The van der Waals surface area contributed by atoms with E-state index < -0.39 is 0 Å². The summed E-state index contributed by atoms with van der Waals surface area (Å²) in [6.07, 6.45) is 2.61. The van der Waals surface area contributed by atoms with E-state index in [1.165, 1.54) is 18.2 Å². The van der Waals surface area contributed by atoms with Gasteiger partial charge in [-0.15, -0.1) is 0 Å². The molecule has 1 N–H and O–H groups in total. The van der Waals surface area contributed by atoms with Crippen molar-refractivity contribution in [1.82, 2.24) is 4.90 Å². The quantitative estimate of drug-likeness (QED) is 0.928. The van der Waals surface area contributed by atoms with Crippen LogP contribution in [0.5, 0.6) is 0 Å². The minimum absolute atomic E-state index is 0.140. The topological polar surface area (TPSA) is 56.5 Å². The van der Waals surface area contributed by atoms with Crippen LogP contribution in [0.1, 0.15) is 30.4 Å². The molecule has 1 aliphatic heterocycles. The predicted octanol–water partition coefficient (Wildman–Crippen LogP) is 2.06. The first-order chi connectivity index (χ1) is 10.7. The van der Waals surface area contributed by atoms with Gasteiger partial charge in [-0.2, -0.15) is 5.26 Å². The van der Waals surface area contributed by atoms with Gasteiger partial charge in [0.15, 0.2) is 0 Å². The third-order valence-electron chi connectivity index (χ3n) is 4.87. The Kier molecular flexibility index (Phi) is 4.72. The Morgan fingerprint density at radius 1 is 1.41 bits per heavy atom. The number of nitrogens with zero attached hydrogens (tertiary/aromatic N) is 2. The van der Waals surface area contributed by atoms with Crippen molar-refractivity contribution in [3.05, 3.63) is 35.1 Å². The Hall–Kier alpha value is -1.48. The Morgan fingerprint density at radius 2 is 2.27 bits per heavy atom. The highest BCUT2D eigenvalue weighted by atomic mass is 19.1. The van der Waals surface area contributed by atoms with E-state index in [0.717, 1.165) is 25.8 Å². The molecule has 5 heteroatoms. The molecular weight excluding hydrogens is 283 g/mol. The summed E-state index contributed by atoms with van der Waals surface area (Å²) >= 11 is 0. The first kappa shape index (κ1) is 15.4. The van der Waals surface area contributed by atoms with E-state index in [0.29, 0.717) is 30.9 Å². The fraction of sp³-hybridized carbons (Fsp3) is 0.588. The van der Waals surface area contributed by atoms with Gasteiger partial charge in [0.25, 0.3) is 0 Å². The first-order valence-corrected chi connectivity index (χ1v) is 7.87. The van der Waals surface area contributed by atoms with E-state index in [4.69, 9.17) is 4.74 Å². The highest BCUT2D eigenvalue weighted by Crippen LogP contribution is 2.33. The summed E-state index contributed by atoms with van der Waals surface area (Å²) in [5.41, 5.74) is 1.22. The molecule has 3 rings (SSSR count). The van der Waals surface area contributed by atoms with Crippen molar-refractivity contribution >= 4 is 0 Å². The summed E-state index contributed by atoms with van der Waals surface area (Å²) in [4.78, 5) is 2.23. The number of aliphatic hydroxyl groups excluding tert-OH is 1. The lowest BCUT2D eigenvalue weighted by Crippen LogP contribution is -2.50. The molecule has 1 saturated carbocycles. The van der Waals surface area contributed by atoms with Crippen LogP contribution >= 0.6 is 0 Å². The average Bonchev–Trinajstić information content (AvgIpc) is 2.94. The van der Waals surface area contributed by atoms with Crippen LogP contribution in [0.4, 0.5) is 4.39 Å². The lowest BCUT2D eigenvalue weighted by Gasteiger charge is -2.40. The monoisotopic (exact) mass is 304 g/mol. The second kappa shape index (κ2) is 6.74. The molecule has 0 aromatic heterocycles. The molecular formula is C17H21FN2O2. The Bertz CT molecular complexity index is 572. The average molecular weight is 304 g/mol. The van der Waals surface area contributed by atoms with Gasteiger partial charge in [0, 0.05) is 25.0 Å². The fourth-order valence-electron chi connectivity index (χ4n) is 3.69. The third-order valence-corrected chi connectivity index (χ3v) is 4.87. The molecule has 1 aromatic rings. The van der Waals surface area contributed by atoms with E-state index in [2.05, 4.69) is 11.0 Å². The summed E-state index contributed by atoms with van der Waals surface area (Å²) in [7, 11) is 0. The smallest absolute Gasteiger partial charge is 0.123 e. The van der Waals surface area contributed by atoms with Gasteiger partial charge in [0.2, 0.25) is 0 Å². The van der Waals surface area contributed by atoms with Crippen LogP contribution < -0.4 is 0 Å². The molecule has 118 valence electrons. The summed E-state index contributed by atoms with van der Waals surface area (Å²) in [6, 6.07) is 6.56. The second-order valence-electron chi connectivity index (χ2n) is 6.19. The molecule has 0 unspecified atom stereocenters. The molecule has 0 radical (unpaired) electrons. The minimum atomic E-state index is -0.320. The molecule has 0 spiro atoms. The molecule has 1 saturated heterocycles. The molecule has 1 heterocycles. The van der Waals surface area contributed by atoms with Gasteiger partial charge < -0.3 is 9.84 Å². The Morgan fingerprint density at radius 3 is 3.00 bits per heavy atom. The van der Waals surface area contributed by atoms with Crippen LogP contribution in [0.25, 0.3) is 0 Å². The van der Waals surface area contributed by atoms with Crippen LogP contribution in [0.2, 0.25) is 0 Å². The number of morpholine rings is 1. The van der Waals surface area contributed by atoms with E-state index >= 15 is 0 Å². The number of ether oxygens (including phenoxy) is 1. The highest BCUT2D eigenvalue weighted by molar-refractivity contribution is 5.37.